The van der Waals surface area contributed by atoms with Gasteiger partial charge in [0.2, 0.25) is 5.91 Å². The first kappa shape index (κ1) is 22.9. The minimum atomic E-state index is -0.856. The molecule has 1 aliphatic rings. The molecule has 3 rings (SSSR count). The van der Waals surface area contributed by atoms with E-state index in [1.807, 2.05) is 4.90 Å². The maximum atomic E-state index is 13.9. The van der Waals surface area contributed by atoms with Crippen molar-refractivity contribution in [2.24, 2.45) is 0 Å². The number of nitrogens with one attached hydrogen (secondary N) is 1. The molecule has 2 aromatic carbocycles. The second-order valence-corrected chi connectivity index (χ2v) is 8.14. The van der Waals surface area contributed by atoms with Crippen LogP contribution in [0.4, 0.5) is 8.78 Å². The number of carbonyl (C=O) groups is 2. The molecule has 0 unspecified atom stereocenters. The summed E-state index contributed by atoms with van der Waals surface area (Å²) < 4.78 is 27.7. The van der Waals surface area contributed by atoms with Gasteiger partial charge in [-0.15, -0.1) is 0 Å². The van der Waals surface area contributed by atoms with Crippen LogP contribution in [0, 0.1) is 32.4 Å². The Morgan fingerprint density at radius 1 is 0.968 bits per heavy atom. The van der Waals surface area contributed by atoms with Crippen LogP contribution in [0.3, 0.4) is 0 Å². The van der Waals surface area contributed by atoms with Crippen molar-refractivity contribution in [2.75, 3.05) is 39.3 Å². The summed E-state index contributed by atoms with van der Waals surface area (Å²) in [6.07, 6.45) is 0.778. The summed E-state index contributed by atoms with van der Waals surface area (Å²) in [5.41, 5.74) is 4.45. The van der Waals surface area contributed by atoms with Crippen molar-refractivity contribution in [3.63, 3.8) is 0 Å². The topological polar surface area (TPSA) is 52.7 Å². The van der Waals surface area contributed by atoms with Crippen LogP contribution in [-0.4, -0.2) is 60.9 Å². The van der Waals surface area contributed by atoms with Gasteiger partial charge in [-0.25, -0.2) is 8.78 Å². The third kappa shape index (κ3) is 5.67. The molecule has 1 saturated heterocycles. The second-order valence-electron chi connectivity index (χ2n) is 8.14. The van der Waals surface area contributed by atoms with E-state index in [1.54, 1.807) is 0 Å². The Hall–Kier alpha value is -2.80. The third-order valence-electron chi connectivity index (χ3n) is 5.74. The van der Waals surface area contributed by atoms with E-state index in [1.165, 1.54) is 33.2 Å². The molecule has 2 amide bonds. The number of halogens is 2. The van der Waals surface area contributed by atoms with Crippen molar-refractivity contribution in [3.8, 4) is 0 Å². The highest BCUT2D eigenvalue weighted by molar-refractivity contribution is 5.94. The fraction of sp³-hybridized carbons (Fsp3) is 0.417. The van der Waals surface area contributed by atoms with E-state index in [0.29, 0.717) is 32.7 Å². The molecular formula is C24H29F2N3O2. The average molecular weight is 430 g/mol. The van der Waals surface area contributed by atoms with Crippen LogP contribution >= 0.6 is 0 Å². The van der Waals surface area contributed by atoms with Gasteiger partial charge in [0.1, 0.15) is 17.2 Å². The number of hydrogen-bond donors (Lipinski definition) is 1. The second kappa shape index (κ2) is 10.0. The summed E-state index contributed by atoms with van der Waals surface area (Å²) in [5.74, 6) is -2.43. The molecule has 0 spiro atoms. The lowest BCUT2D eigenvalue weighted by atomic mass is 9.97. The Morgan fingerprint density at radius 2 is 1.55 bits per heavy atom. The first-order valence-corrected chi connectivity index (χ1v) is 10.6. The zero-order valence-electron chi connectivity index (χ0n) is 18.3. The van der Waals surface area contributed by atoms with Gasteiger partial charge in [-0.05, 0) is 56.0 Å². The number of benzene rings is 2. The largest absolute Gasteiger partial charge is 0.355 e. The van der Waals surface area contributed by atoms with Crippen LogP contribution in [0.1, 0.15) is 32.6 Å². The third-order valence-corrected chi connectivity index (χ3v) is 5.74. The molecule has 0 radical (unpaired) electrons. The fourth-order valence-electron chi connectivity index (χ4n) is 4.16. The van der Waals surface area contributed by atoms with Gasteiger partial charge < -0.3 is 10.2 Å². The van der Waals surface area contributed by atoms with Gasteiger partial charge in [0.25, 0.3) is 5.91 Å². The molecule has 1 N–H and O–H groups in total. The summed E-state index contributed by atoms with van der Waals surface area (Å²) in [6, 6.07) is 7.70. The Morgan fingerprint density at radius 3 is 2.13 bits per heavy atom. The highest BCUT2D eigenvalue weighted by Crippen LogP contribution is 2.17. The van der Waals surface area contributed by atoms with Crippen LogP contribution in [0.15, 0.2) is 30.3 Å². The molecule has 2 aromatic rings. The summed E-state index contributed by atoms with van der Waals surface area (Å²) in [4.78, 5) is 28.2. The Labute approximate surface area is 182 Å². The SMILES string of the molecule is Cc1cc(C)c(CCNC(=O)CN2CCN(C(=O)c3c(F)cccc3F)CC2)c(C)c1. The first-order chi connectivity index (χ1) is 14.8. The molecule has 0 bridgehead atoms. The zero-order valence-corrected chi connectivity index (χ0v) is 18.3. The number of nitrogens with zero attached hydrogens (tertiary/aromatic N) is 2. The number of aryl methyl sites for hydroxylation is 3. The predicted molar refractivity (Wildman–Crippen MR) is 116 cm³/mol. The van der Waals surface area contributed by atoms with E-state index in [2.05, 4.69) is 38.2 Å². The molecule has 0 aliphatic carbocycles. The summed E-state index contributed by atoms with van der Waals surface area (Å²) in [7, 11) is 0. The Balaban J connectivity index is 1.45. The maximum absolute atomic E-state index is 13.9. The van der Waals surface area contributed by atoms with Crippen molar-refractivity contribution < 1.29 is 18.4 Å². The van der Waals surface area contributed by atoms with Crippen LogP contribution in [-0.2, 0) is 11.2 Å². The average Bonchev–Trinajstić information content (AvgIpc) is 2.70. The van der Waals surface area contributed by atoms with Crippen LogP contribution in [0.25, 0.3) is 0 Å². The molecule has 1 heterocycles. The van der Waals surface area contributed by atoms with Crippen molar-refractivity contribution in [1.82, 2.24) is 15.1 Å². The molecule has 1 fully saturated rings. The molecule has 5 nitrogen and oxygen atoms in total. The molecule has 7 heteroatoms. The molecule has 0 saturated carbocycles. The lowest BCUT2D eigenvalue weighted by molar-refractivity contribution is -0.122. The molecule has 31 heavy (non-hydrogen) atoms. The predicted octanol–water partition coefficient (Wildman–Crippen LogP) is 3.01. The van der Waals surface area contributed by atoms with Crippen molar-refractivity contribution in [3.05, 3.63) is 69.8 Å². The maximum Gasteiger partial charge on any atom is 0.259 e. The van der Waals surface area contributed by atoms with Gasteiger partial charge in [0.05, 0.1) is 6.54 Å². The van der Waals surface area contributed by atoms with Gasteiger partial charge >= 0.3 is 0 Å². The van der Waals surface area contributed by atoms with E-state index in [0.717, 1.165) is 18.6 Å². The Kier molecular flexibility index (Phi) is 7.38. The van der Waals surface area contributed by atoms with Gasteiger partial charge in [-0.2, -0.15) is 0 Å². The molecule has 0 atom stereocenters. The lowest BCUT2D eigenvalue weighted by Gasteiger charge is -2.34. The molecular weight excluding hydrogens is 400 g/mol. The summed E-state index contributed by atoms with van der Waals surface area (Å²) in [6.45, 7) is 8.65. The van der Waals surface area contributed by atoms with Crippen molar-refractivity contribution in [2.45, 2.75) is 27.2 Å². The summed E-state index contributed by atoms with van der Waals surface area (Å²) in [5, 5.41) is 2.96. The van der Waals surface area contributed by atoms with Crippen LogP contribution in [0.5, 0.6) is 0 Å². The minimum absolute atomic E-state index is 0.0673. The minimum Gasteiger partial charge on any atom is -0.355 e. The van der Waals surface area contributed by atoms with Gasteiger partial charge in [0, 0.05) is 32.7 Å². The van der Waals surface area contributed by atoms with Gasteiger partial charge in [-0.1, -0.05) is 23.8 Å². The normalized spacial score (nSPS) is 14.5. The molecule has 1 aliphatic heterocycles. The van der Waals surface area contributed by atoms with Gasteiger partial charge in [-0.3, -0.25) is 14.5 Å². The first-order valence-electron chi connectivity index (χ1n) is 10.6. The Bertz CT molecular complexity index is 926. The highest BCUT2D eigenvalue weighted by atomic mass is 19.1. The van der Waals surface area contributed by atoms with E-state index < -0.39 is 23.1 Å². The summed E-state index contributed by atoms with van der Waals surface area (Å²) >= 11 is 0. The standard InChI is InChI=1S/C24H29F2N3O2/c1-16-13-17(2)19(18(3)14-16)7-8-27-22(30)15-28-9-11-29(12-10-28)24(31)23-20(25)5-4-6-21(23)26/h4-6,13-14H,7-12,15H2,1-3H3,(H,27,30). The van der Waals surface area contributed by atoms with Crippen LogP contribution < -0.4 is 5.32 Å². The monoisotopic (exact) mass is 429 g/mol. The fourth-order valence-corrected chi connectivity index (χ4v) is 4.16. The number of hydrogen-bond acceptors (Lipinski definition) is 3. The zero-order chi connectivity index (χ0) is 22.5. The lowest BCUT2D eigenvalue weighted by Crippen LogP contribution is -2.51. The number of rotatable bonds is 6. The number of amides is 2. The molecule has 166 valence electrons. The highest BCUT2D eigenvalue weighted by Gasteiger charge is 2.27. The number of carbonyl (C=O) groups excluding carboxylic acids is 2. The van der Waals surface area contributed by atoms with Crippen LogP contribution in [0.2, 0.25) is 0 Å². The quantitative estimate of drug-likeness (QED) is 0.768. The van der Waals surface area contributed by atoms with Crippen molar-refractivity contribution in [1.29, 1.82) is 0 Å². The van der Waals surface area contributed by atoms with E-state index in [4.69, 9.17) is 0 Å². The van der Waals surface area contributed by atoms with E-state index >= 15 is 0 Å². The van der Waals surface area contributed by atoms with E-state index in [-0.39, 0.29) is 12.5 Å². The van der Waals surface area contributed by atoms with E-state index in [9.17, 15) is 18.4 Å². The molecule has 0 aromatic heterocycles. The number of piperazine rings is 1. The smallest absolute Gasteiger partial charge is 0.259 e. The van der Waals surface area contributed by atoms with Gasteiger partial charge in [0.15, 0.2) is 0 Å². The van der Waals surface area contributed by atoms with Crippen molar-refractivity contribution >= 4 is 11.8 Å².